The van der Waals surface area contributed by atoms with E-state index in [-0.39, 0.29) is 0 Å². The lowest BCUT2D eigenvalue weighted by atomic mass is 10.2. The Labute approximate surface area is 77.3 Å². The molecule has 0 radical (unpaired) electrons. The molecule has 0 spiro atoms. The highest BCUT2D eigenvalue weighted by molar-refractivity contribution is 4.67. The van der Waals surface area contributed by atoms with E-state index < -0.39 is 0 Å². The molecule has 12 heavy (non-hydrogen) atoms. The molecule has 0 aromatic rings. The fraction of sp³-hybridized carbons (Fsp3) is 1.00. The molecule has 0 saturated carbocycles. The van der Waals surface area contributed by atoms with E-state index in [1.165, 1.54) is 13.0 Å². The van der Waals surface area contributed by atoms with E-state index in [9.17, 15) is 0 Å². The van der Waals surface area contributed by atoms with Crippen LogP contribution in [0.3, 0.4) is 0 Å². The molecular formula is C10H24N2. The Morgan fingerprint density at radius 2 is 1.58 bits per heavy atom. The Balaban J connectivity index is 3.64. The fourth-order valence-corrected chi connectivity index (χ4v) is 1.55. The summed E-state index contributed by atoms with van der Waals surface area (Å²) in [5.41, 5.74) is 0. The van der Waals surface area contributed by atoms with Gasteiger partial charge in [0.1, 0.15) is 0 Å². The first kappa shape index (κ1) is 11.9. The van der Waals surface area contributed by atoms with E-state index in [0.29, 0.717) is 12.1 Å². The second-order valence-electron chi connectivity index (χ2n) is 3.88. The standard InChI is InChI=1S/C10H24N2/c1-9(2)12(10(3)4)8-6-7-11-5/h9-11H,6-8H2,1-5H3. The van der Waals surface area contributed by atoms with Gasteiger partial charge in [-0.15, -0.1) is 0 Å². The van der Waals surface area contributed by atoms with Crippen LogP contribution in [0.2, 0.25) is 0 Å². The third-order valence-electron chi connectivity index (χ3n) is 2.17. The van der Waals surface area contributed by atoms with Crippen LogP contribution in [0, 0.1) is 0 Å². The average Bonchev–Trinajstić information content (AvgIpc) is 1.96. The van der Waals surface area contributed by atoms with Gasteiger partial charge in [0.15, 0.2) is 0 Å². The minimum absolute atomic E-state index is 0.668. The van der Waals surface area contributed by atoms with Crippen molar-refractivity contribution in [3.63, 3.8) is 0 Å². The zero-order valence-corrected chi connectivity index (χ0v) is 9.22. The lowest BCUT2D eigenvalue weighted by Gasteiger charge is -2.30. The van der Waals surface area contributed by atoms with Crippen LogP contribution in [0.5, 0.6) is 0 Å². The molecule has 0 rings (SSSR count). The van der Waals surface area contributed by atoms with Gasteiger partial charge in [0, 0.05) is 12.1 Å². The number of nitrogens with one attached hydrogen (secondary N) is 1. The third kappa shape index (κ3) is 4.73. The smallest absolute Gasteiger partial charge is 0.00413 e. The molecular weight excluding hydrogens is 148 g/mol. The number of hydrogen-bond donors (Lipinski definition) is 1. The summed E-state index contributed by atoms with van der Waals surface area (Å²) in [6.07, 6.45) is 1.24. The van der Waals surface area contributed by atoms with Gasteiger partial charge in [-0.1, -0.05) is 0 Å². The van der Waals surface area contributed by atoms with Crippen molar-refractivity contribution in [1.82, 2.24) is 10.2 Å². The van der Waals surface area contributed by atoms with Gasteiger partial charge in [0.2, 0.25) is 0 Å². The van der Waals surface area contributed by atoms with Gasteiger partial charge >= 0.3 is 0 Å². The summed E-state index contributed by atoms with van der Waals surface area (Å²) in [6, 6.07) is 1.34. The molecule has 2 heteroatoms. The summed E-state index contributed by atoms with van der Waals surface area (Å²) in [6.45, 7) is 11.4. The Morgan fingerprint density at radius 1 is 1.08 bits per heavy atom. The number of nitrogens with zero attached hydrogens (tertiary/aromatic N) is 1. The van der Waals surface area contributed by atoms with Gasteiger partial charge < -0.3 is 5.32 Å². The molecule has 0 aliphatic carbocycles. The second-order valence-corrected chi connectivity index (χ2v) is 3.88. The summed E-state index contributed by atoms with van der Waals surface area (Å²) in [4.78, 5) is 2.53. The van der Waals surface area contributed by atoms with Crippen molar-refractivity contribution >= 4 is 0 Å². The van der Waals surface area contributed by atoms with Crippen LogP contribution < -0.4 is 5.32 Å². The summed E-state index contributed by atoms with van der Waals surface area (Å²) < 4.78 is 0. The van der Waals surface area contributed by atoms with Crippen molar-refractivity contribution in [2.24, 2.45) is 0 Å². The highest BCUT2D eigenvalue weighted by atomic mass is 15.2. The molecule has 0 aromatic carbocycles. The zero-order chi connectivity index (χ0) is 9.56. The highest BCUT2D eigenvalue weighted by Crippen LogP contribution is 2.04. The van der Waals surface area contributed by atoms with Crippen LogP contribution >= 0.6 is 0 Å². The van der Waals surface area contributed by atoms with Crippen LogP contribution in [0.4, 0.5) is 0 Å². The minimum atomic E-state index is 0.668. The predicted octanol–water partition coefficient (Wildman–Crippen LogP) is 1.71. The maximum atomic E-state index is 3.17. The first-order chi connectivity index (χ1) is 5.59. The fourth-order valence-electron chi connectivity index (χ4n) is 1.55. The van der Waals surface area contributed by atoms with E-state index in [0.717, 1.165) is 6.54 Å². The lowest BCUT2D eigenvalue weighted by Crippen LogP contribution is -2.38. The van der Waals surface area contributed by atoms with Crippen molar-refractivity contribution in [3.8, 4) is 0 Å². The van der Waals surface area contributed by atoms with Crippen molar-refractivity contribution in [2.45, 2.75) is 46.2 Å². The quantitative estimate of drug-likeness (QED) is 0.614. The molecule has 0 unspecified atom stereocenters. The topological polar surface area (TPSA) is 15.3 Å². The Hall–Kier alpha value is -0.0800. The molecule has 2 nitrogen and oxygen atoms in total. The molecule has 0 saturated heterocycles. The van der Waals surface area contributed by atoms with E-state index in [1.54, 1.807) is 0 Å². The van der Waals surface area contributed by atoms with E-state index >= 15 is 0 Å². The van der Waals surface area contributed by atoms with E-state index in [2.05, 4.69) is 37.9 Å². The second kappa shape index (κ2) is 6.44. The van der Waals surface area contributed by atoms with Crippen molar-refractivity contribution in [2.75, 3.05) is 20.1 Å². The normalized spacial score (nSPS) is 12.0. The van der Waals surface area contributed by atoms with Gasteiger partial charge in [-0.2, -0.15) is 0 Å². The zero-order valence-electron chi connectivity index (χ0n) is 9.22. The van der Waals surface area contributed by atoms with Crippen LogP contribution in [-0.4, -0.2) is 37.1 Å². The summed E-state index contributed by atoms with van der Waals surface area (Å²) >= 11 is 0. The van der Waals surface area contributed by atoms with Crippen LogP contribution in [0.25, 0.3) is 0 Å². The predicted molar refractivity (Wildman–Crippen MR) is 55.5 cm³/mol. The number of rotatable bonds is 6. The highest BCUT2D eigenvalue weighted by Gasteiger charge is 2.11. The summed E-state index contributed by atoms with van der Waals surface area (Å²) in [5, 5.41) is 3.17. The lowest BCUT2D eigenvalue weighted by molar-refractivity contribution is 0.173. The Bertz CT molecular complexity index is 92.0. The largest absolute Gasteiger partial charge is 0.320 e. The minimum Gasteiger partial charge on any atom is -0.320 e. The molecule has 0 heterocycles. The molecule has 0 bridgehead atoms. The van der Waals surface area contributed by atoms with Gasteiger partial charge in [-0.05, 0) is 54.3 Å². The molecule has 0 aliphatic heterocycles. The summed E-state index contributed by atoms with van der Waals surface area (Å²) in [7, 11) is 2.01. The summed E-state index contributed by atoms with van der Waals surface area (Å²) in [5.74, 6) is 0. The molecule has 0 atom stereocenters. The van der Waals surface area contributed by atoms with Crippen LogP contribution in [-0.2, 0) is 0 Å². The molecule has 0 fully saturated rings. The SMILES string of the molecule is CNCCCN(C(C)C)C(C)C. The molecule has 0 aromatic heterocycles. The maximum absolute atomic E-state index is 3.17. The van der Waals surface area contributed by atoms with Gasteiger partial charge in [-0.3, -0.25) is 4.90 Å². The monoisotopic (exact) mass is 172 g/mol. The first-order valence-electron chi connectivity index (χ1n) is 5.00. The van der Waals surface area contributed by atoms with Crippen molar-refractivity contribution < 1.29 is 0 Å². The Morgan fingerprint density at radius 3 is 1.92 bits per heavy atom. The molecule has 1 N–H and O–H groups in total. The van der Waals surface area contributed by atoms with E-state index in [1.807, 2.05) is 7.05 Å². The van der Waals surface area contributed by atoms with E-state index in [4.69, 9.17) is 0 Å². The third-order valence-corrected chi connectivity index (χ3v) is 2.17. The Kier molecular flexibility index (Phi) is 6.39. The van der Waals surface area contributed by atoms with Crippen molar-refractivity contribution in [1.29, 1.82) is 0 Å². The molecule has 0 aliphatic rings. The maximum Gasteiger partial charge on any atom is 0.00413 e. The van der Waals surface area contributed by atoms with Gasteiger partial charge in [0.25, 0.3) is 0 Å². The van der Waals surface area contributed by atoms with Crippen LogP contribution in [0.15, 0.2) is 0 Å². The van der Waals surface area contributed by atoms with Gasteiger partial charge in [0.05, 0.1) is 0 Å². The molecule has 74 valence electrons. The number of hydrogen-bond acceptors (Lipinski definition) is 2. The van der Waals surface area contributed by atoms with Crippen molar-refractivity contribution in [3.05, 3.63) is 0 Å². The first-order valence-corrected chi connectivity index (χ1v) is 5.00. The molecule has 0 amide bonds. The average molecular weight is 172 g/mol. The van der Waals surface area contributed by atoms with Gasteiger partial charge in [-0.25, -0.2) is 0 Å². The van der Waals surface area contributed by atoms with Crippen LogP contribution in [0.1, 0.15) is 34.1 Å².